The SMILES string of the molecule is CCCCCCCCCCCCCCCCNC(=O)c1cc(OC(SCC(=O)O)C(C)O)c2ccccc2c1O. The third kappa shape index (κ3) is 12.4. The van der Waals surface area contributed by atoms with Crippen LogP contribution < -0.4 is 10.1 Å². The molecule has 224 valence electrons. The highest BCUT2D eigenvalue weighted by Gasteiger charge is 2.23. The molecule has 1 amide bonds. The van der Waals surface area contributed by atoms with Gasteiger partial charge in [-0.3, -0.25) is 9.59 Å². The molecule has 0 aromatic heterocycles. The van der Waals surface area contributed by atoms with Crippen LogP contribution in [0.1, 0.15) is 114 Å². The number of carbonyl (C=O) groups excluding carboxylic acids is 1. The van der Waals surface area contributed by atoms with Crippen molar-refractivity contribution >= 4 is 34.4 Å². The third-order valence-electron chi connectivity index (χ3n) is 7.05. The van der Waals surface area contributed by atoms with Crippen LogP contribution >= 0.6 is 11.8 Å². The molecular weight excluding hydrogens is 526 g/mol. The Hall–Kier alpha value is -2.45. The molecule has 2 rings (SSSR count). The van der Waals surface area contributed by atoms with Crippen molar-refractivity contribution in [2.24, 2.45) is 0 Å². The predicted octanol–water partition coefficient (Wildman–Crippen LogP) is 7.66. The van der Waals surface area contributed by atoms with Gasteiger partial charge in [-0.25, -0.2) is 0 Å². The number of hydrogen-bond donors (Lipinski definition) is 4. The summed E-state index contributed by atoms with van der Waals surface area (Å²) in [7, 11) is 0. The largest absolute Gasteiger partial charge is 0.506 e. The Balaban J connectivity index is 1.79. The molecule has 0 spiro atoms. The molecule has 4 N–H and O–H groups in total. The second-order valence-electron chi connectivity index (χ2n) is 10.6. The van der Waals surface area contributed by atoms with Gasteiger partial charge in [-0.15, -0.1) is 11.8 Å². The molecule has 2 unspecified atom stereocenters. The molecule has 0 saturated carbocycles. The van der Waals surface area contributed by atoms with Gasteiger partial charge in [-0.2, -0.15) is 0 Å². The summed E-state index contributed by atoms with van der Waals surface area (Å²) in [5.41, 5.74) is -0.762. The minimum Gasteiger partial charge on any atom is -0.506 e. The molecule has 2 aromatic carbocycles. The number of benzene rings is 2. The fraction of sp³-hybridized carbons (Fsp3) is 0.625. The van der Waals surface area contributed by atoms with Gasteiger partial charge in [-0.05, 0) is 19.4 Å². The van der Waals surface area contributed by atoms with E-state index >= 15 is 0 Å². The van der Waals surface area contributed by atoms with Crippen molar-refractivity contribution < 1.29 is 29.6 Å². The van der Waals surface area contributed by atoms with E-state index < -0.39 is 23.4 Å². The summed E-state index contributed by atoms with van der Waals surface area (Å²) in [6, 6.07) is 8.46. The van der Waals surface area contributed by atoms with Gasteiger partial charge in [-0.1, -0.05) is 115 Å². The topological polar surface area (TPSA) is 116 Å². The van der Waals surface area contributed by atoms with Gasteiger partial charge >= 0.3 is 5.97 Å². The average Bonchev–Trinajstić information content (AvgIpc) is 2.93. The van der Waals surface area contributed by atoms with E-state index in [1.807, 2.05) is 0 Å². The first-order valence-corrected chi connectivity index (χ1v) is 16.1. The first-order chi connectivity index (χ1) is 19.3. The van der Waals surface area contributed by atoms with Crippen LogP contribution in [0.2, 0.25) is 0 Å². The first-order valence-electron chi connectivity index (χ1n) is 15.1. The van der Waals surface area contributed by atoms with E-state index in [1.54, 1.807) is 24.3 Å². The molecule has 8 heteroatoms. The zero-order valence-electron chi connectivity index (χ0n) is 24.3. The minimum atomic E-state index is -1.02. The number of phenols is 1. The van der Waals surface area contributed by atoms with Crippen molar-refractivity contribution in [1.82, 2.24) is 5.32 Å². The second-order valence-corrected chi connectivity index (χ2v) is 11.7. The van der Waals surface area contributed by atoms with Gasteiger partial charge in [0.05, 0.1) is 17.4 Å². The lowest BCUT2D eigenvalue weighted by Gasteiger charge is -2.22. The maximum absolute atomic E-state index is 13.0. The van der Waals surface area contributed by atoms with Crippen molar-refractivity contribution in [3.8, 4) is 11.5 Å². The second kappa shape index (κ2) is 19.6. The number of hydrogen-bond acceptors (Lipinski definition) is 6. The van der Waals surface area contributed by atoms with Gasteiger partial charge in [0, 0.05) is 17.3 Å². The number of amides is 1. The number of carbonyl (C=O) groups is 2. The summed E-state index contributed by atoms with van der Waals surface area (Å²) in [5.74, 6) is -1.47. The minimum absolute atomic E-state index is 0.0895. The van der Waals surface area contributed by atoms with Crippen LogP contribution in [0.15, 0.2) is 30.3 Å². The Kier molecular flexibility index (Phi) is 16.5. The molecular formula is C32H49NO6S. The summed E-state index contributed by atoms with van der Waals surface area (Å²) in [4.78, 5) is 24.0. The smallest absolute Gasteiger partial charge is 0.313 e. The zero-order valence-corrected chi connectivity index (χ0v) is 25.1. The highest BCUT2D eigenvalue weighted by Crippen LogP contribution is 2.37. The number of aliphatic carboxylic acids is 1. The van der Waals surface area contributed by atoms with Crippen LogP contribution in [0.3, 0.4) is 0 Å². The molecule has 0 aliphatic heterocycles. The monoisotopic (exact) mass is 575 g/mol. The van der Waals surface area contributed by atoms with E-state index in [0.717, 1.165) is 31.0 Å². The highest BCUT2D eigenvalue weighted by molar-refractivity contribution is 8.00. The van der Waals surface area contributed by atoms with Crippen molar-refractivity contribution in [2.75, 3.05) is 12.3 Å². The summed E-state index contributed by atoms with van der Waals surface area (Å²) in [6.45, 7) is 4.29. The Bertz CT molecular complexity index is 1030. The number of ether oxygens (including phenoxy) is 1. The number of rotatable bonds is 22. The normalized spacial score (nSPS) is 12.8. The maximum atomic E-state index is 13.0. The molecule has 0 aliphatic rings. The predicted molar refractivity (Wildman–Crippen MR) is 164 cm³/mol. The molecule has 0 radical (unpaired) electrons. The Labute approximate surface area is 244 Å². The lowest BCUT2D eigenvalue weighted by molar-refractivity contribution is -0.133. The number of phenolic OH excluding ortho intramolecular Hbond substituents is 1. The highest BCUT2D eigenvalue weighted by atomic mass is 32.2. The number of unbranched alkanes of at least 4 members (excludes halogenated alkanes) is 13. The third-order valence-corrected chi connectivity index (χ3v) is 8.28. The Morgan fingerprint density at radius 1 is 0.875 bits per heavy atom. The number of fused-ring (bicyclic) bond motifs is 1. The van der Waals surface area contributed by atoms with Gasteiger partial charge in [0.25, 0.3) is 5.91 Å². The van der Waals surface area contributed by atoms with E-state index in [9.17, 15) is 19.8 Å². The number of aliphatic hydroxyl groups excluding tert-OH is 1. The van der Waals surface area contributed by atoms with Crippen LogP contribution in [0.25, 0.3) is 10.8 Å². The number of thioether (sulfide) groups is 1. The van der Waals surface area contributed by atoms with Gasteiger partial charge < -0.3 is 25.4 Å². The van der Waals surface area contributed by atoms with Crippen LogP contribution in [0.5, 0.6) is 11.5 Å². The Morgan fingerprint density at radius 2 is 1.40 bits per heavy atom. The lowest BCUT2D eigenvalue weighted by atomic mass is 10.0. The molecule has 7 nitrogen and oxygen atoms in total. The number of aromatic hydroxyl groups is 1. The quantitative estimate of drug-likeness (QED) is 0.0841. The molecule has 0 aliphatic carbocycles. The van der Waals surface area contributed by atoms with E-state index in [0.29, 0.717) is 23.1 Å². The van der Waals surface area contributed by atoms with Gasteiger partial charge in [0.2, 0.25) is 0 Å². The average molecular weight is 576 g/mol. The van der Waals surface area contributed by atoms with Crippen molar-refractivity contribution in [3.63, 3.8) is 0 Å². The summed E-state index contributed by atoms with van der Waals surface area (Å²) < 4.78 is 5.98. The lowest BCUT2D eigenvalue weighted by Crippen LogP contribution is -2.28. The molecule has 0 fully saturated rings. The van der Waals surface area contributed by atoms with E-state index in [1.165, 1.54) is 83.6 Å². The summed E-state index contributed by atoms with van der Waals surface area (Å²) in [5, 5.41) is 33.9. The van der Waals surface area contributed by atoms with Crippen LogP contribution in [0, 0.1) is 0 Å². The molecule has 0 heterocycles. The van der Waals surface area contributed by atoms with E-state index in [4.69, 9.17) is 9.84 Å². The van der Waals surface area contributed by atoms with E-state index in [2.05, 4.69) is 12.2 Å². The molecule has 2 aromatic rings. The van der Waals surface area contributed by atoms with Crippen molar-refractivity contribution in [3.05, 3.63) is 35.9 Å². The molecule has 40 heavy (non-hydrogen) atoms. The van der Waals surface area contributed by atoms with E-state index in [-0.39, 0.29) is 17.1 Å². The van der Waals surface area contributed by atoms with Crippen LogP contribution in [-0.4, -0.2) is 51.0 Å². The fourth-order valence-electron chi connectivity index (χ4n) is 4.76. The summed E-state index contributed by atoms with van der Waals surface area (Å²) >= 11 is 0.957. The molecule has 0 saturated heterocycles. The van der Waals surface area contributed by atoms with Crippen molar-refractivity contribution in [2.45, 2.75) is 115 Å². The van der Waals surface area contributed by atoms with Gasteiger partial charge in [0.15, 0.2) is 5.44 Å². The standard InChI is InChI=1S/C32H49NO6S/c1-3-4-5-6-7-8-9-10-11-12-13-14-15-18-21-33-31(38)27-22-28(25-19-16-17-20-26(25)30(27)37)39-32(24(2)34)40-23-29(35)36/h16-17,19-20,22,24,32,34,37H,3-15,18,21,23H2,1-2H3,(H,33,38)(H,35,36). The molecule has 2 atom stereocenters. The first kappa shape index (κ1) is 33.8. The molecule has 0 bridgehead atoms. The van der Waals surface area contributed by atoms with Crippen LogP contribution in [-0.2, 0) is 4.79 Å². The van der Waals surface area contributed by atoms with Crippen molar-refractivity contribution in [1.29, 1.82) is 0 Å². The zero-order chi connectivity index (χ0) is 29.2. The maximum Gasteiger partial charge on any atom is 0.313 e. The number of carboxylic acids is 1. The van der Waals surface area contributed by atoms with Crippen LogP contribution in [0.4, 0.5) is 0 Å². The Morgan fingerprint density at radius 3 is 1.93 bits per heavy atom. The van der Waals surface area contributed by atoms with Gasteiger partial charge in [0.1, 0.15) is 11.5 Å². The summed E-state index contributed by atoms with van der Waals surface area (Å²) in [6.07, 6.45) is 16.8. The fourth-order valence-corrected chi connectivity index (χ4v) is 5.52. The number of aliphatic hydroxyl groups is 1. The number of carboxylic acid groups (broad SMARTS) is 1. The number of nitrogens with one attached hydrogen (secondary N) is 1.